The number of para-hydroxylation sites is 1. The summed E-state index contributed by atoms with van der Waals surface area (Å²) in [6, 6.07) is 14.3. The SMILES string of the molecule is Cc1ccc(N2C(=O)[C@@H]3[C@H](C2=O)[C@H](C(=O)C(C)(C)C)N2c4ccccc4C=C[C@@H]32)cc1. The number of ketones is 1. The maximum atomic E-state index is 13.7. The number of anilines is 2. The smallest absolute Gasteiger partial charge is 0.240 e. The molecule has 5 heteroatoms. The first kappa shape index (κ1) is 19.7. The summed E-state index contributed by atoms with van der Waals surface area (Å²) in [5.74, 6) is -1.78. The molecule has 2 aromatic rings. The number of aryl methyl sites for hydroxylation is 1. The number of fused-ring (bicyclic) bond motifs is 5. The van der Waals surface area contributed by atoms with Gasteiger partial charge >= 0.3 is 0 Å². The van der Waals surface area contributed by atoms with Gasteiger partial charge < -0.3 is 4.90 Å². The summed E-state index contributed by atoms with van der Waals surface area (Å²) in [5, 5.41) is 0. The molecule has 0 aromatic heterocycles. The number of hydrogen-bond acceptors (Lipinski definition) is 4. The van der Waals surface area contributed by atoms with E-state index in [1.54, 1.807) is 12.1 Å². The molecule has 0 spiro atoms. The predicted octanol–water partition coefficient (Wildman–Crippen LogP) is 4.00. The highest BCUT2D eigenvalue weighted by Gasteiger charge is 2.64. The van der Waals surface area contributed by atoms with Crippen molar-refractivity contribution in [1.29, 1.82) is 0 Å². The normalized spacial score (nSPS) is 26.7. The Kier molecular flexibility index (Phi) is 4.23. The minimum atomic E-state index is -0.693. The minimum absolute atomic E-state index is 0.0120. The standard InChI is InChI=1S/C26H26N2O3/c1-15-9-12-17(13-10-15)27-24(30)20-19-14-11-16-7-5-6-8-18(16)28(19)22(21(20)25(27)31)23(29)26(2,3)4/h5-14,19-22H,1-4H3/t19-,20-,21-,22+/m0/s1. The average Bonchev–Trinajstić information content (AvgIpc) is 3.21. The summed E-state index contributed by atoms with van der Waals surface area (Å²) in [4.78, 5) is 44.3. The zero-order valence-electron chi connectivity index (χ0n) is 18.2. The van der Waals surface area contributed by atoms with Crippen molar-refractivity contribution >= 4 is 35.0 Å². The zero-order valence-corrected chi connectivity index (χ0v) is 18.2. The van der Waals surface area contributed by atoms with Crippen LogP contribution in [0.15, 0.2) is 54.6 Å². The molecule has 5 nitrogen and oxygen atoms in total. The van der Waals surface area contributed by atoms with Crippen LogP contribution < -0.4 is 9.80 Å². The van der Waals surface area contributed by atoms with E-state index in [-0.39, 0.29) is 23.6 Å². The fourth-order valence-electron chi connectivity index (χ4n) is 5.21. The van der Waals surface area contributed by atoms with Crippen LogP contribution in [0.25, 0.3) is 6.08 Å². The van der Waals surface area contributed by atoms with E-state index in [9.17, 15) is 14.4 Å². The lowest BCUT2D eigenvalue weighted by Gasteiger charge is -2.38. The molecule has 3 heterocycles. The topological polar surface area (TPSA) is 57.7 Å². The molecule has 2 amide bonds. The number of nitrogens with zero attached hydrogens (tertiary/aromatic N) is 2. The van der Waals surface area contributed by atoms with Crippen LogP contribution in [0, 0.1) is 24.2 Å². The second kappa shape index (κ2) is 6.64. The molecule has 5 rings (SSSR count). The van der Waals surface area contributed by atoms with Crippen LogP contribution in [0.2, 0.25) is 0 Å². The highest BCUT2D eigenvalue weighted by atomic mass is 16.2. The van der Waals surface area contributed by atoms with Gasteiger partial charge in [-0.15, -0.1) is 0 Å². The van der Waals surface area contributed by atoms with Gasteiger partial charge in [-0.3, -0.25) is 14.4 Å². The molecule has 0 radical (unpaired) electrons. The summed E-state index contributed by atoms with van der Waals surface area (Å²) in [6.07, 6.45) is 3.99. The van der Waals surface area contributed by atoms with Gasteiger partial charge in [0.05, 0.1) is 23.6 Å². The van der Waals surface area contributed by atoms with Crippen molar-refractivity contribution in [3.8, 4) is 0 Å². The number of carbonyl (C=O) groups excluding carboxylic acids is 3. The Labute approximate surface area is 182 Å². The van der Waals surface area contributed by atoms with Gasteiger partial charge in [0.15, 0.2) is 5.78 Å². The van der Waals surface area contributed by atoms with Crippen LogP contribution >= 0.6 is 0 Å². The Balaban J connectivity index is 1.65. The summed E-state index contributed by atoms with van der Waals surface area (Å²) < 4.78 is 0. The fourth-order valence-corrected chi connectivity index (χ4v) is 5.21. The second-order valence-electron chi connectivity index (χ2n) is 9.77. The second-order valence-corrected chi connectivity index (χ2v) is 9.77. The van der Waals surface area contributed by atoms with Gasteiger partial charge in [-0.25, -0.2) is 4.90 Å². The molecular weight excluding hydrogens is 388 g/mol. The van der Waals surface area contributed by atoms with E-state index in [0.29, 0.717) is 5.69 Å². The average molecular weight is 415 g/mol. The Morgan fingerprint density at radius 2 is 1.55 bits per heavy atom. The monoisotopic (exact) mass is 414 g/mol. The van der Waals surface area contributed by atoms with Gasteiger partial charge in [0, 0.05) is 11.1 Å². The molecule has 0 unspecified atom stereocenters. The van der Waals surface area contributed by atoms with E-state index in [1.807, 2.05) is 81.1 Å². The number of imide groups is 1. The molecule has 0 N–H and O–H groups in total. The van der Waals surface area contributed by atoms with Gasteiger partial charge in [-0.2, -0.15) is 0 Å². The number of amides is 2. The van der Waals surface area contributed by atoms with Crippen molar-refractivity contribution in [1.82, 2.24) is 0 Å². The Hall–Kier alpha value is -3.21. The maximum absolute atomic E-state index is 13.7. The molecule has 0 bridgehead atoms. The van der Waals surface area contributed by atoms with Gasteiger partial charge in [0.2, 0.25) is 11.8 Å². The van der Waals surface area contributed by atoms with Gasteiger partial charge in [0.25, 0.3) is 0 Å². The largest absolute Gasteiger partial charge is 0.353 e. The lowest BCUT2D eigenvalue weighted by atomic mass is 9.79. The van der Waals surface area contributed by atoms with E-state index in [0.717, 1.165) is 16.8 Å². The first-order chi connectivity index (χ1) is 14.7. The molecular formula is C26H26N2O3. The van der Waals surface area contributed by atoms with Crippen molar-refractivity contribution in [2.45, 2.75) is 39.8 Å². The molecule has 0 saturated carbocycles. The third-order valence-electron chi connectivity index (χ3n) is 6.71. The number of rotatable bonds is 2. The van der Waals surface area contributed by atoms with Crippen LogP contribution in [-0.2, 0) is 14.4 Å². The third kappa shape index (κ3) is 2.79. The van der Waals surface area contributed by atoms with E-state index in [2.05, 4.69) is 0 Å². The number of hydrogen-bond donors (Lipinski definition) is 0. The molecule has 2 fully saturated rings. The Morgan fingerprint density at radius 3 is 2.23 bits per heavy atom. The number of benzene rings is 2. The molecule has 2 aromatic carbocycles. The van der Waals surface area contributed by atoms with Crippen LogP contribution in [-0.4, -0.2) is 29.7 Å². The van der Waals surface area contributed by atoms with E-state index in [1.165, 1.54) is 4.90 Å². The predicted molar refractivity (Wildman–Crippen MR) is 121 cm³/mol. The Bertz CT molecular complexity index is 1130. The van der Waals surface area contributed by atoms with Crippen molar-refractivity contribution in [2.24, 2.45) is 17.3 Å². The van der Waals surface area contributed by atoms with Crippen LogP contribution in [0.1, 0.15) is 31.9 Å². The maximum Gasteiger partial charge on any atom is 0.240 e. The van der Waals surface area contributed by atoms with Gasteiger partial charge in [-0.1, -0.05) is 68.8 Å². The number of Topliss-reactive ketones (excluding diaryl/α,β-unsaturated/α-hetero) is 1. The molecule has 0 aliphatic carbocycles. The first-order valence-corrected chi connectivity index (χ1v) is 10.7. The van der Waals surface area contributed by atoms with E-state index >= 15 is 0 Å². The van der Waals surface area contributed by atoms with Crippen LogP contribution in [0.5, 0.6) is 0 Å². The van der Waals surface area contributed by atoms with Crippen LogP contribution in [0.4, 0.5) is 11.4 Å². The van der Waals surface area contributed by atoms with Crippen molar-refractivity contribution in [3.63, 3.8) is 0 Å². The van der Waals surface area contributed by atoms with E-state index < -0.39 is 23.3 Å². The van der Waals surface area contributed by atoms with Gasteiger partial charge in [-0.05, 0) is 30.7 Å². The summed E-state index contributed by atoms with van der Waals surface area (Å²) >= 11 is 0. The van der Waals surface area contributed by atoms with E-state index in [4.69, 9.17) is 0 Å². The molecule has 2 saturated heterocycles. The van der Waals surface area contributed by atoms with Gasteiger partial charge in [0.1, 0.15) is 6.04 Å². The Morgan fingerprint density at radius 1 is 0.903 bits per heavy atom. The lowest BCUT2D eigenvalue weighted by Crippen LogP contribution is -2.51. The number of carbonyl (C=O) groups is 3. The third-order valence-corrected chi connectivity index (χ3v) is 6.71. The summed E-state index contributed by atoms with van der Waals surface area (Å²) in [7, 11) is 0. The van der Waals surface area contributed by atoms with Crippen LogP contribution in [0.3, 0.4) is 0 Å². The summed E-state index contributed by atoms with van der Waals surface area (Å²) in [6.45, 7) is 7.60. The summed E-state index contributed by atoms with van der Waals surface area (Å²) in [5.41, 5.74) is 2.90. The fraction of sp³-hybridized carbons (Fsp3) is 0.346. The molecule has 158 valence electrons. The zero-order chi connectivity index (χ0) is 22.1. The highest BCUT2D eigenvalue weighted by Crippen LogP contribution is 2.50. The molecule has 31 heavy (non-hydrogen) atoms. The lowest BCUT2D eigenvalue weighted by molar-refractivity contribution is -0.132. The molecule has 4 atom stereocenters. The first-order valence-electron chi connectivity index (χ1n) is 10.7. The minimum Gasteiger partial charge on any atom is -0.353 e. The van der Waals surface area contributed by atoms with Crippen molar-refractivity contribution in [2.75, 3.05) is 9.80 Å². The quantitative estimate of drug-likeness (QED) is 0.697. The molecule has 3 aliphatic rings. The molecule has 3 aliphatic heterocycles. The van der Waals surface area contributed by atoms with Crippen molar-refractivity contribution < 1.29 is 14.4 Å². The highest BCUT2D eigenvalue weighted by molar-refractivity contribution is 6.25. The van der Waals surface area contributed by atoms with Crippen molar-refractivity contribution in [3.05, 3.63) is 65.7 Å².